The molecule has 0 aliphatic rings. The minimum atomic E-state index is -0.395. The molecule has 7 nitrogen and oxygen atoms in total. The maximum atomic E-state index is 13.3. The van der Waals surface area contributed by atoms with Crippen molar-refractivity contribution in [1.82, 2.24) is 19.6 Å². The van der Waals surface area contributed by atoms with Crippen LogP contribution in [0, 0.1) is 13.8 Å². The number of carbonyl (C=O) groups is 1. The molecule has 0 spiro atoms. The van der Waals surface area contributed by atoms with Crippen LogP contribution < -0.4 is 10.9 Å². The number of hydrogen-bond acceptors (Lipinski definition) is 5. The Morgan fingerprint density at radius 1 is 1.16 bits per heavy atom. The zero-order chi connectivity index (χ0) is 22.3. The van der Waals surface area contributed by atoms with Gasteiger partial charge in [0, 0.05) is 5.69 Å². The topological polar surface area (TPSA) is 81.8 Å². The lowest BCUT2D eigenvalue weighted by Crippen LogP contribution is -2.33. The summed E-state index contributed by atoms with van der Waals surface area (Å²) in [5.41, 5.74) is 3.19. The van der Waals surface area contributed by atoms with E-state index in [0.29, 0.717) is 22.3 Å². The maximum Gasteiger partial charge on any atom is 0.293 e. The van der Waals surface area contributed by atoms with Crippen molar-refractivity contribution in [3.8, 4) is 10.6 Å². The molecule has 0 atom stereocenters. The van der Waals surface area contributed by atoms with Crippen LogP contribution >= 0.6 is 11.3 Å². The van der Waals surface area contributed by atoms with Gasteiger partial charge in [0.25, 0.3) is 5.56 Å². The Labute approximate surface area is 184 Å². The van der Waals surface area contributed by atoms with Gasteiger partial charge in [0.15, 0.2) is 0 Å². The summed E-state index contributed by atoms with van der Waals surface area (Å²) < 4.78 is 2.95. The highest BCUT2D eigenvalue weighted by atomic mass is 32.1. The van der Waals surface area contributed by atoms with Crippen LogP contribution in [0.3, 0.4) is 0 Å². The smallest absolute Gasteiger partial charge is 0.293 e. The van der Waals surface area contributed by atoms with E-state index < -0.39 is 5.54 Å². The van der Waals surface area contributed by atoms with Crippen LogP contribution in [0.25, 0.3) is 21.5 Å². The molecular weight excluding hydrogens is 410 g/mol. The van der Waals surface area contributed by atoms with Gasteiger partial charge in [-0.2, -0.15) is 10.2 Å². The van der Waals surface area contributed by atoms with Crippen LogP contribution in [-0.2, 0) is 16.9 Å². The number of carbonyl (C=O) groups excluding carboxylic acids is 1. The van der Waals surface area contributed by atoms with Crippen molar-refractivity contribution in [2.45, 2.75) is 46.7 Å². The molecule has 4 rings (SSSR count). The Morgan fingerprint density at radius 3 is 2.48 bits per heavy atom. The summed E-state index contributed by atoms with van der Waals surface area (Å²) in [6.07, 6.45) is 1.68. The third-order valence-electron chi connectivity index (χ3n) is 4.87. The lowest BCUT2D eigenvalue weighted by Gasteiger charge is -2.20. The lowest BCUT2D eigenvalue weighted by molar-refractivity contribution is -0.117. The van der Waals surface area contributed by atoms with Crippen LogP contribution in [0.4, 0.5) is 5.69 Å². The van der Waals surface area contributed by atoms with Crippen LogP contribution in [0.5, 0.6) is 0 Å². The number of nitrogens with zero attached hydrogens (tertiary/aromatic N) is 4. The Balaban J connectivity index is 1.79. The number of amides is 1. The van der Waals surface area contributed by atoms with Gasteiger partial charge < -0.3 is 5.32 Å². The molecule has 0 aliphatic heterocycles. The number of thiophene rings is 1. The molecule has 1 amide bonds. The predicted molar refractivity (Wildman–Crippen MR) is 125 cm³/mol. The van der Waals surface area contributed by atoms with Crippen molar-refractivity contribution in [2.24, 2.45) is 0 Å². The number of aryl methyl sites for hydroxylation is 2. The summed E-state index contributed by atoms with van der Waals surface area (Å²) in [5.74, 6) is -0.307. The van der Waals surface area contributed by atoms with Gasteiger partial charge in [0.2, 0.25) is 5.91 Å². The molecule has 31 heavy (non-hydrogen) atoms. The van der Waals surface area contributed by atoms with Crippen molar-refractivity contribution in [1.29, 1.82) is 0 Å². The summed E-state index contributed by atoms with van der Waals surface area (Å²) in [5, 5.41) is 14.6. The van der Waals surface area contributed by atoms with E-state index in [0.717, 1.165) is 16.0 Å². The highest BCUT2D eigenvalue weighted by Gasteiger charge is 2.24. The van der Waals surface area contributed by atoms with Crippen molar-refractivity contribution >= 4 is 33.8 Å². The second-order valence-electron chi connectivity index (χ2n) is 8.70. The molecule has 1 aromatic carbocycles. The fourth-order valence-corrected chi connectivity index (χ4v) is 4.39. The van der Waals surface area contributed by atoms with Crippen LogP contribution in [0.2, 0.25) is 0 Å². The van der Waals surface area contributed by atoms with Crippen molar-refractivity contribution in [3.05, 3.63) is 63.4 Å². The molecule has 0 unspecified atom stereocenters. The number of fused-ring (bicyclic) bond motifs is 1. The molecule has 4 aromatic rings. The van der Waals surface area contributed by atoms with Gasteiger partial charge in [-0.25, -0.2) is 4.68 Å². The first-order chi connectivity index (χ1) is 14.6. The van der Waals surface area contributed by atoms with E-state index in [4.69, 9.17) is 0 Å². The van der Waals surface area contributed by atoms with Crippen molar-refractivity contribution < 1.29 is 4.79 Å². The van der Waals surface area contributed by atoms with Gasteiger partial charge in [-0.3, -0.25) is 14.3 Å². The molecule has 0 bridgehead atoms. The predicted octanol–water partition coefficient (Wildman–Crippen LogP) is 4.33. The van der Waals surface area contributed by atoms with Gasteiger partial charge in [-0.1, -0.05) is 12.1 Å². The number of anilines is 1. The fraction of sp³-hybridized carbons (Fsp3) is 0.304. The number of benzene rings is 1. The maximum absolute atomic E-state index is 13.3. The van der Waals surface area contributed by atoms with Gasteiger partial charge in [0.1, 0.15) is 17.8 Å². The summed E-state index contributed by atoms with van der Waals surface area (Å²) in [6, 6.07) is 9.72. The largest absolute Gasteiger partial charge is 0.324 e. The summed E-state index contributed by atoms with van der Waals surface area (Å²) in [6.45, 7) is 9.73. The molecule has 3 heterocycles. The van der Waals surface area contributed by atoms with E-state index in [9.17, 15) is 9.59 Å². The van der Waals surface area contributed by atoms with Crippen LogP contribution in [-0.4, -0.2) is 25.5 Å². The highest BCUT2D eigenvalue weighted by molar-refractivity contribution is 7.13. The van der Waals surface area contributed by atoms with Crippen molar-refractivity contribution in [2.75, 3.05) is 5.32 Å². The highest BCUT2D eigenvalue weighted by Crippen LogP contribution is 2.30. The number of aromatic nitrogens is 4. The minimum absolute atomic E-state index is 0.185. The normalized spacial score (nSPS) is 11.8. The zero-order valence-corrected chi connectivity index (χ0v) is 19.1. The molecule has 0 fully saturated rings. The Bertz CT molecular complexity index is 1310. The Hall–Kier alpha value is -3.26. The van der Waals surface area contributed by atoms with Crippen LogP contribution in [0.15, 0.2) is 46.7 Å². The molecule has 160 valence electrons. The first-order valence-corrected chi connectivity index (χ1v) is 10.9. The summed E-state index contributed by atoms with van der Waals surface area (Å²) in [4.78, 5) is 27.0. The van der Waals surface area contributed by atoms with Gasteiger partial charge in [-0.05, 0) is 69.3 Å². The Kier molecular flexibility index (Phi) is 5.26. The molecule has 0 radical (unpaired) electrons. The fourth-order valence-electron chi connectivity index (χ4n) is 3.66. The average molecular weight is 436 g/mol. The summed E-state index contributed by atoms with van der Waals surface area (Å²) in [7, 11) is 0. The lowest BCUT2D eigenvalue weighted by atomic mass is 10.1. The van der Waals surface area contributed by atoms with Crippen LogP contribution in [0.1, 0.15) is 31.9 Å². The molecule has 3 aromatic heterocycles. The standard InChI is InChI=1S/C23H25N5O2S/c1-14-9-15(2)11-16(10-14)25-19(29)13-27-22(30)21-17(12-24-28(21)23(3,4)5)20(26-27)18-7-6-8-31-18/h6-12H,13H2,1-5H3,(H,25,29). The van der Waals surface area contributed by atoms with Gasteiger partial charge in [0.05, 0.1) is 22.0 Å². The monoisotopic (exact) mass is 435 g/mol. The zero-order valence-electron chi connectivity index (χ0n) is 18.3. The van der Waals surface area contributed by atoms with Crippen molar-refractivity contribution in [3.63, 3.8) is 0 Å². The number of hydrogen-bond donors (Lipinski definition) is 1. The first kappa shape index (κ1) is 21.0. The average Bonchev–Trinajstić information content (AvgIpc) is 3.32. The number of rotatable bonds is 4. The second-order valence-corrected chi connectivity index (χ2v) is 9.65. The van der Waals surface area contributed by atoms with Gasteiger partial charge >= 0.3 is 0 Å². The first-order valence-electron chi connectivity index (χ1n) is 10.0. The third-order valence-corrected chi connectivity index (χ3v) is 5.75. The van der Waals surface area contributed by atoms with E-state index in [1.54, 1.807) is 10.9 Å². The molecule has 8 heteroatoms. The van der Waals surface area contributed by atoms with E-state index in [1.807, 2.05) is 70.3 Å². The molecule has 1 N–H and O–H groups in total. The van der Waals surface area contributed by atoms with Gasteiger partial charge in [-0.15, -0.1) is 11.3 Å². The van der Waals surface area contributed by atoms with E-state index in [-0.39, 0.29) is 18.0 Å². The quantitative estimate of drug-likeness (QED) is 0.517. The van der Waals surface area contributed by atoms with E-state index in [1.165, 1.54) is 16.0 Å². The third kappa shape index (κ3) is 4.16. The van der Waals surface area contributed by atoms with E-state index in [2.05, 4.69) is 15.5 Å². The Morgan fingerprint density at radius 2 is 1.87 bits per heavy atom. The molecular formula is C23H25N5O2S. The molecule has 0 aliphatic carbocycles. The molecule has 0 saturated carbocycles. The van der Waals surface area contributed by atoms with E-state index >= 15 is 0 Å². The minimum Gasteiger partial charge on any atom is -0.324 e. The number of nitrogens with one attached hydrogen (secondary N) is 1. The second kappa shape index (κ2) is 7.77. The summed E-state index contributed by atoms with van der Waals surface area (Å²) >= 11 is 1.53. The SMILES string of the molecule is Cc1cc(C)cc(NC(=O)Cn2nc(-c3cccs3)c3cnn(C(C)(C)C)c3c2=O)c1. The molecule has 0 saturated heterocycles.